The number of rotatable bonds is 1. The molecule has 0 aliphatic carbocycles. The summed E-state index contributed by atoms with van der Waals surface area (Å²) in [5, 5.41) is 0. The summed E-state index contributed by atoms with van der Waals surface area (Å²) in [5.74, 6) is 0. The summed E-state index contributed by atoms with van der Waals surface area (Å²) in [6.07, 6.45) is 2.75. The van der Waals surface area contributed by atoms with E-state index >= 15 is 0 Å². The molecule has 0 N–H and O–H groups in total. The fraction of sp³-hybridized carbons (Fsp3) is 0.600. The highest BCUT2D eigenvalue weighted by Crippen LogP contribution is 1.95. The molecule has 0 amide bonds. The van der Waals surface area contributed by atoms with E-state index in [1.807, 2.05) is 11.8 Å². The zero-order valence-electron chi connectivity index (χ0n) is 4.31. The SMILES string of the molecule is CCN1[C]CN=[C]1. The van der Waals surface area contributed by atoms with Crippen LogP contribution in [0.4, 0.5) is 0 Å². The van der Waals surface area contributed by atoms with E-state index in [4.69, 9.17) is 0 Å². The Morgan fingerprint density at radius 1 is 1.86 bits per heavy atom. The van der Waals surface area contributed by atoms with Gasteiger partial charge in [0.15, 0.2) is 6.34 Å². The standard InChI is InChI=1S/C5H7N2/c1-2-7-4-3-6-5-7/h2-3H2,1H3. The lowest BCUT2D eigenvalue weighted by Gasteiger charge is -2.04. The molecule has 0 aromatic rings. The van der Waals surface area contributed by atoms with Crippen molar-refractivity contribution in [2.75, 3.05) is 13.1 Å². The smallest absolute Gasteiger partial charge is 0.167 e. The Balaban J connectivity index is 2.28. The molecule has 0 fully saturated rings. The Bertz CT molecular complexity index is 78.1. The van der Waals surface area contributed by atoms with Crippen LogP contribution in [0.25, 0.3) is 0 Å². The maximum Gasteiger partial charge on any atom is 0.167 e. The van der Waals surface area contributed by atoms with E-state index < -0.39 is 0 Å². The van der Waals surface area contributed by atoms with Crippen molar-refractivity contribution in [1.29, 1.82) is 0 Å². The van der Waals surface area contributed by atoms with Crippen molar-refractivity contribution >= 4 is 6.34 Å². The van der Waals surface area contributed by atoms with Crippen LogP contribution >= 0.6 is 0 Å². The first-order valence-corrected chi connectivity index (χ1v) is 2.36. The van der Waals surface area contributed by atoms with Gasteiger partial charge in [-0.3, -0.25) is 4.99 Å². The molecule has 3 radical (unpaired) electrons. The summed E-state index contributed by atoms with van der Waals surface area (Å²) in [7, 11) is 0. The average molecular weight is 95.1 g/mol. The number of aliphatic imine (C=N–C) groups is 1. The quantitative estimate of drug-likeness (QED) is 0.456. The van der Waals surface area contributed by atoms with E-state index in [0.717, 1.165) is 6.54 Å². The van der Waals surface area contributed by atoms with Gasteiger partial charge in [0.2, 0.25) is 0 Å². The summed E-state index contributed by atoms with van der Waals surface area (Å²) in [4.78, 5) is 5.62. The van der Waals surface area contributed by atoms with Gasteiger partial charge in [0.1, 0.15) is 6.54 Å². The molecule has 0 atom stereocenters. The third-order valence-corrected chi connectivity index (χ3v) is 0.848. The molecule has 0 saturated heterocycles. The first-order valence-electron chi connectivity index (χ1n) is 2.36. The molecule has 0 bridgehead atoms. The monoisotopic (exact) mass is 95.1 g/mol. The van der Waals surface area contributed by atoms with Gasteiger partial charge in [-0.1, -0.05) is 0 Å². The molecule has 2 heteroatoms. The van der Waals surface area contributed by atoms with E-state index in [0.29, 0.717) is 6.54 Å². The van der Waals surface area contributed by atoms with E-state index in [9.17, 15) is 0 Å². The van der Waals surface area contributed by atoms with Crippen molar-refractivity contribution in [3.63, 3.8) is 0 Å². The molecular weight excluding hydrogens is 88.1 g/mol. The normalized spacial score (nSPS) is 18.7. The minimum absolute atomic E-state index is 0.688. The highest BCUT2D eigenvalue weighted by atomic mass is 15.2. The molecule has 0 spiro atoms. The number of hydrogen-bond donors (Lipinski definition) is 0. The van der Waals surface area contributed by atoms with Gasteiger partial charge in [-0.05, 0) is 6.92 Å². The molecule has 1 heterocycles. The van der Waals surface area contributed by atoms with E-state index in [1.165, 1.54) is 0 Å². The molecule has 0 saturated carbocycles. The summed E-state index contributed by atoms with van der Waals surface area (Å²) in [6, 6.07) is 0. The van der Waals surface area contributed by atoms with Crippen molar-refractivity contribution in [3.8, 4) is 0 Å². The summed E-state index contributed by atoms with van der Waals surface area (Å²) in [5.41, 5.74) is 0. The summed E-state index contributed by atoms with van der Waals surface area (Å²) < 4.78 is 0. The molecule has 37 valence electrons. The second kappa shape index (κ2) is 1.96. The largest absolute Gasteiger partial charge is 0.341 e. The number of likely N-dealkylation sites (N-methyl/N-ethyl adjacent to an activating group) is 1. The number of nitrogens with zero attached hydrogens (tertiary/aromatic N) is 2. The third-order valence-electron chi connectivity index (χ3n) is 0.848. The molecule has 7 heavy (non-hydrogen) atoms. The van der Waals surface area contributed by atoms with E-state index in [1.54, 1.807) is 0 Å². The fourth-order valence-electron chi connectivity index (χ4n) is 0.459. The van der Waals surface area contributed by atoms with Crippen LogP contribution in [0, 0.1) is 6.54 Å². The predicted octanol–water partition coefficient (Wildman–Crippen LogP) is 0.266. The van der Waals surface area contributed by atoms with E-state index in [-0.39, 0.29) is 0 Å². The minimum Gasteiger partial charge on any atom is -0.341 e. The Kier molecular flexibility index (Phi) is 1.29. The van der Waals surface area contributed by atoms with Gasteiger partial charge in [0.05, 0.1) is 6.54 Å². The van der Waals surface area contributed by atoms with Crippen LogP contribution in [0.5, 0.6) is 0 Å². The van der Waals surface area contributed by atoms with Crippen LogP contribution in [0.3, 0.4) is 0 Å². The van der Waals surface area contributed by atoms with Gasteiger partial charge in [0.25, 0.3) is 0 Å². The third kappa shape index (κ3) is 0.918. The van der Waals surface area contributed by atoms with Crippen LogP contribution < -0.4 is 0 Å². The van der Waals surface area contributed by atoms with Crippen molar-refractivity contribution in [2.45, 2.75) is 6.92 Å². The zero-order chi connectivity index (χ0) is 5.11. The first-order chi connectivity index (χ1) is 3.43. The Morgan fingerprint density at radius 2 is 2.71 bits per heavy atom. The second-order valence-electron chi connectivity index (χ2n) is 1.32. The first kappa shape index (κ1) is 4.62. The topological polar surface area (TPSA) is 15.6 Å². The van der Waals surface area contributed by atoms with Gasteiger partial charge in [-0.2, -0.15) is 0 Å². The van der Waals surface area contributed by atoms with Crippen molar-refractivity contribution in [1.82, 2.24) is 4.90 Å². The second-order valence-corrected chi connectivity index (χ2v) is 1.32. The average Bonchev–Trinajstić information content (AvgIpc) is 2.14. The summed E-state index contributed by atoms with van der Waals surface area (Å²) >= 11 is 0. The maximum atomic E-state index is 3.80. The van der Waals surface area contributed by atoms with Crippen LogP contribution in [0.1, 0.15) is 6.92 Å². The highest BCUT2D eigenvalue weighted by molar-refractivity contribution is 5.58. The Morgan fingerprint density at radius 3 is 3.00 bits per heavy atom. The molecule has 1 rings (SSSR count). The molecule has 1 aliphatic heterocycles. The minimum atomic E-state index is 0.688. The molecular formula is C5H7N2. The van der Waals surface area contributed by atoms with Gasteiger partial charge in [-0.25, -0.2) is 0 Å². The van der Waals surface area contributed by atoms with Crippen molar-refractivity contribution in [2.24, 2.45) is 4.99 Å². The lowest BCUT2D eigenvalue weighted by molar-refractivity contribution is 0.565. The molecule has 0 aromatic carbocycles. The predicted molar refractivity (Wildman–Crippen MR) is 27.9 cm³/mol. The van der Waals surface area contributed by atoms with Crippen molar-refractivity contribution < 1.29 is 0 Å². The van der Waals surface area contributed by atoms with Crippen molar-refractivity contribution in [3.05, 3.63) is 6.54 Å². The number of hydrogen-bond acceptors (Lipinski definition) is 2. The molecule has 2 nitrogen and oxygen atoms in total. The van der Waals surface area contributed by atoms with Gasteiger partial charge < -0.3 is 4.90 Å². The zero-order valence-corrected chi connectivity index (χ0v) is 4.31. The molecule has 1 aliphatic rings. The van der Waals surface area contributed by atoms with Gasteiger partial charge in [-0.15, -0.1) is 0 Å². The van der Waals surface area contributed by atoms with Crippen LogP contribution in [0.15, 0.2) is 4.99 Å². The van der Waals surface area contributed by atoms with Crippen LogP contribution in [-0.2, 0) is 0 Å². The highest BCUT2D eigenvalue weighted by Gasteiger charge is 2.02. The summed E-state index contributed by atoms with van der Waals surface area (Å²) in [6.45, 7) is 6.63. The van der Waals surface area contributed by atoms with Crippen LogP contribution in [0.2, 0.25) is 0 Å². The van der Waals surface area contributed by atoms with E-state index in [2.05, 4.69) is 17.9 Å². The molecule has 0 aromatic heterocycles. The van der Waals surface area contributed by atoms with Gasteiger partial charge in [0, 0.05) is 6.54 Å². The maximum absolute atomic E-state index is 3.80. The molecule has 0 unspecified atom stereocenters. The van der Waals surface area contributed by atoms with Crippen LogP contribution in [-0.4, -0.2) is 24.3 Å². The lowest BCUT2D eigenvalue weighted by Crippen LogP contribution is -2.13. The Labute approximate surface area is 43.8 Å². The fourth-order valence-corrected chi connectivity index (χ4v) is 0.459. The Hall–Kier alpha value is -0.530. The lowest BCUT2D eigenvalue weighted by atomic mass is 10.6. The van der Waals surface area contributed by atoms with Gasteiger partial charge >= 0.3 is 0 Å².